The van der Waals surface area contributed by atoms with Crippen LogP contribution >= 0.6 is 0 Å². The molecular weight excluding hydrogens is 357 g/mol. The van der Waals surface area contributed by atoms with E-state index >= 15 is 0 Å². The standard InChI is InChI=1S/C21H20FN5O/c1-14-3-2-4-17(13-14)19-23-20(26-25-19)24-21(28)27-11-9-16(10-12-27)15-5-7-18(22)8-6-15/h2-9,13H,10-12H2,1H3,(H2,23,24,25,26,28). The van der Waals surface area contributed by atoms with Crippen molar-refractivity contribution in [1.82, 2.24) is 20.1 Å². The molecule has 2 heterocycles. The first kappa shape index (κ1) is 17.9. The molecule has 0 radical (unpaired) electrons. The van der Waals surface area contributed by atoms with Gasteiger partial charge in [-0.05, 0) is 42.7 Å². The summed E-state index contributed by atoms with van der Waals surface area (Å²) in [7, 11) is 0. The molecule has 7 heteroatoms. The van der Waals surface area contributed by atoms with Gasteiger partial charge in [0.25, 0.3) is 0 Å². The van der Waals surface area contributed by atoms with Gasteiger partial charge in [-0.25, -0.2) is 9.18 Å². The van der Waals surface area contributed by atoms with Crippen molar-refractivity contribution in [1.29, 1.82) is 0 Å². The molecule has 0 aliphatic carbocycles. The van der Waals surface area contributed by atoms with E-state index in [0.29, 0.717) is 25.3 Å². The van der Waals surface area contributed by atoms with Crippen molar-refractivity contribution in [3.05, 3.63) is 71.6 Å². The number of rotatable bonds is 3. The summed E-state index contributed by atoms with van der Waals surface area (Å²) < 4.78 is 13.1. The summed E-state index contributed by atoms with van der Waals surface area (Å²) in [5.41, 5.74) is 4.14. The summed E-state index contributed by atoms with van der Waals surface area (Å²) in [6, 6.07) is 14.1. The number of aromatic amines is 1. The molecule has 0 atom stereocenters. The summed E-state index contributed by atoms with van der Waals surface area (Å²) in [4.78, 5) is 18.5. The van der Waals surface area contributed by atoms with Gasteiger partial charge in [-0.1, -0.05) is 42.0 Å². The number of H-pyrrole nitrogens is 1. The third kappa shape index (κ3) is 3.93. The molecule has 0 unspecified atom stereocenters. The monoisotopic (exact) mass is 377 g/mol. The Balaban J connectivity index is 1.39. The van der Waals surface area contributed by atoms with E-state index < -0.39 is 0 Å². The Kier molecular flexibility index (Phi) is 4.89. The van der Waals surface area contributed by atoms with E-state index in [1.165, 1.54) is 12.1 Å². The molecule has 0 bridgehead atoms. The number of carbonyl (C=O) groups excluding carboxylic acids is 1. The molecule has 2 aromatic carbocycles. The van der Waals surface area contributed by atoms with Crippen LogP contribution in [0, 0.1) is 12.7 Å². The highest BCUT2D eigenvalue weighted by Gasteiger charge is 2.19. The smallest absolute Gasteiger partial charge is 0.320 e. The first-order chi connectivity index (χ1) is 13.6. The molecule has 0 spiro atoms. The summed E-state index contributed by atoms with van der Waals surface area (Å²) >= 11 is 0. The number of aromatic nitrogens is 3. The average Bonchev–Trinajstić information content (AvgIpc) is 3.17. The van der Waals surface area contributed by atoms with E-state index in [4.69, 9.17) is 0 Å². The van der Waals surface area contributed by atoms with Gasteiger partial charge in [0.05, 0.1) is 0 Å². The van der Waals surface area contributed by atoms with Gasteiger partial charge < -0.3 is 4.90 Å². The van der Waals surface area contributed by atoms with Crippen LogP contribution in [0.1, 0.15) is 17.5 Å². The molecule has 6 nitrogen and oxygen atoms in total. The molecule has 1 aliphatic heterocycles. The van der Waals surface area contributed by atoms with Crippen molar-refractivity contribution in [2.45, 2.75) is 13.3 Å². The third-order valence-corrected chi connectivity index (χ3v) is 4.71. The number of amides is 2. The fourth-order valence-corrected chi connectivity index (χ4v) is 3.19. The zero-order valence-electron chi connectivity index (χ0n) is 15.4. The van der Waals surface area contributed by atoms with Crippen LogP contribution in [0.15, 0.2) is 54.6 Å². The van der Waals surface area contributed by atoms with Crippen molar-refractivity contribution >= 4 is 17.6 Å². The number of anilines is 1. The molecule has 2 amide bonds. The Hall–Kier alpha value is -3.48. The number of halogens is 1. The number of nitrogens with one attached hydrogen (secondary N) is 2. The van der Waals surface area contributed by atoms with Crippen molar-refractivity contribution in [3.63, 3.8) is 0 Å². The van der Waals surface area contributed by atoms with Crippen LogP contribution in [-0.2, 0) is 0 Å². The van der Waals surface area contributed by atoms with Crippen molar-refractivity contribution in [3.8, 4) is 11.4 Å². The number of aryl methyl sites for hydroxylation is 1. The van der Waals surface area contributed by atoms with Crippen molar-refractivity contribution in [2.75, 3.05) is 18.4 Å². The highest BCUT2D eigenvalue weighted by Crippen LogP contribution is 2.23. The second kappa shape index (κ2) is 7.64. The first-order valence-electron chi connectivity index (χ1n) is 9.09. The predicted molar refractivity (Wildman–Crippen MR) is 106 cm³/mol. The van der Waals surface area contributed by atoms with Crippen LogP contribution in [0.2, 0.25) is 0 Å². The van der Waals surface area contributed by atoms with Crippen LogP contribution < -0.4 is 5.32 Å². The van der Waals surface area contributed by atoms with E-state index in [1.807, 2.05) is 37.3 Å². The fourth-order valence-electron chi connectivity index (χ4n) is 3.19. The normalized spacial score (nSPS) is 13.9. The van der Waals surface area contributed by atoms with E-state index in [1.54, 1.807) is 17.0 Å². The molecule has 1 aromatic heterocycles. The topological polar surface area (TPSA) is 73.9 Å². The highest BCUT2D eigenvalue weighted by molar-refractivity contribution is 5.88. The molecule has 1 aliphatic rings. The lowest BCUT2D eigenvalue weighted by Crippen LogP contribution is -2.38. The summed E-state index contributed by atoms with van der Waals surface area (Å²) in [5, 5.41) is 9.67. The van der Waals surface area contributed by atoms with Crippen LogP contribution in [0.4, 0.5) is 15.1 Å². The quantitative estimate of drug-likeness (QED) is 0.717. The number of benzene rings is 2. The molecule has 0 saturated heterocycles. The van der Waals surface area contributed by atoms with E-state index in [2.05, 4.69) is 20.5 Å². The molecular formula is C21H20FN5O. The van der Waals surface area contributed by atoms with Crippen LogP contribution in [0.25, 0.3) is 17.0 Å². The van der Waals surface area contributed by atoms with E-state index in [9.17, 15) is 9.18 Å². The number of urea groups is 1. The SMILES string of the molecule is Cc1cccc(-c2nc(NC(=O)N3CC=C(c4ccc(F)cc4)CC3)n[nH]2)c1. The van der Waals surface area contributed by atoms with Crippen LogP contribution in [-0.4, -0.2) is 39.2 Å². The number of hydrogen-bond donors (Lipinski definition) is 2. The Morgan fingerprint density at radius 1 is 1.18 bits per heavy atom. The maximum atomic E-state index is 13.1. The summed E-state index contributed by atoms with van der Waals surface area (Å²) in [6.07, 6.45) is 2.70. The lowest BCUT2D eigenvalue weighted by Gasteiger charge is -2.26. The Labute approximate surface area is 162 Å². The largest absolute Gasteiger partial charge is 0.324 e. The van der Waals surface area contributed by atoms with Gasteiger partial charge in [0, 0.05) is 18.7 Å². The molecule has 142 valence electrons. The Morgan fingerprint density at radius 3 is 2.71 bits per heavy atom. The molecule has 3 aromatic rings. The maximum absolute atomic E-state index is 13.1. The Morgan fingerprint density at radius 2 is 2.00 bits per heavy atom. The molecule has 0 saturated carbocycles. The number of nitrogens with zero attached hydrogens (tertiary/aromatic N) is 3. The van der Waals surface area contributed by atoms with Crippen LogP contribution in [0.3, 0.4) is 0 Å². The minimum absolute atomic E-state index is 0.245. The molecule has 28 heavy (non-hydrogen) atoms. The van der Waals surface area contributed by atoms with Gasteiger partial charge >= 0.3 is 6.03 Å². The Bertz CT molecular complexity index is 1030. The predicted octanol–water partition coefficient (Wildman–Crippen LogP) is 4.24. The number of hydrogen-bond acceptors (Lipinski definition) is 3. The maximum Gasteiger partial charge on any atom is 0.324 e. The van der Waals surface area contributed by atoms with Crippen LogP contribution in [0.5, 0.6) is 0 Å². The first-order valence-corrected chi connectivity index (χ1v) is 9.09. The molecule has 2 N–H and O–H groups in total. The van der Waals surface area contributed by atoms with Gasteiger partial charge in [0.15, 0.2) is 5.82 Å². The van der Waals surface area contributed by atoms with Gasteiger partial charge in [0.2, 0.25) is 5.95 Å². The summed E-state index contributed by atoms with van der Waals surface area (Å²) in [5.74, 6) is 0.601. The van der Waals surface area contributed by atoms with Gasteiger partial charge in [-0.15, -0.1) is 5.10 Å². The molecule has 4 rings (SSSR count). The van der Waals surface area contributed by atoms with Crippen molar-refractivity contribution < 1.29 is 9.18 Å². The van der Waals surface area contributed by atoms with Gasteiger partial charge in [0.1, 0.15) is 5.82 Å². The van der Waals surface area contributed by atoms with Crippen molar-refractivity contribution in [2.24, 2.45) is 0 Å². The van der Waals surface area contributed by atoms with Gasteiger partial charge in [-0.2, -0.15) is 4.98 Å². The van der Waals surface area contributed by atoms with E-state index in [-0.39, 0.29) is 17.8 Å². The second-order valence-electron chi connectivity index (χ2n) is 6.74. The highest BCUT2D eigenvalue weighted by atomic mass is 19.1. The minimum atomic E-state index is -0.252. The minimum Gasteiger partial charge on any atom is -0.320 e. The third-order valence-electron chi connectivity index (χ3n) is 4.71. The summed E-state index contributed by atoms with van der Waals surface area (Å²) in [6.45, 7) is 3.06. The average molecular weight is 377 g/mol. The number of carbonyl (C=O) groups is 1. The second-order valence-corrected chi connectivity index (χ2v) is 6.74. The van der Waals surface area contributed by atoms with Gasteiger partial charge in [-0.3, -0.25) is 10.4 Å². The zero-order chi connectivity index (χ0) is 19.5. The lowest BCUT2D eigenvalue weighted by atomic mass is 10.00. The fraction of sp³-hybridized carbons (Fsp3) is 0.190. The van der Waals surface area contributed by atoms with E-state index in [0.717, 1.165) is 22.3 Å². The zero-order valence-corrected chi connectivity index (χ0v) is 15.4. The molecule has 0 fully saturated rings. The lowest BCUT2D eigenvalue weighted by molar-refractivity contribution is 0.217.